The predicted octanol–water partition coefficient (Wildman–Crippen LogP) is 3.29. The monoisotopic (exact) mass is 286 g/mol. The molecule has 0 aromatic carbocycles. The number of carbonyl (C=O) groups excluding carboxylic acids is 1. The standard InChI is InChI=1S/C15H30N2O3/c1-3-4-7-10-13(2)17-15(20)16-12-9-6-5-8-11-14(18)19/h13H,3-12H2,1-2H3,(H,18,19)(H2,16,17,20). The van der Waals surface area contributed by atoms with Gasteiger partial charge >= 0.3 is 12.0 Å². The van der Waals surface area contributed by atoms with E-state index in [1.165, 1.54) is 12.8 Å². The summed E-state index contributed by atoms with van der Waals surface area (Å²) in [4.78, 5) is 21.9. The van der Waals surface area contributed by atoms with Gasteiger partial charge in [-0.15, -0.1) is 0 Å². The van der Waals surface area contributed by atoms with Crippen molar-refractivity contribution in [3.05, 3.63) is 0 Å². The zero-order valence-electron chi connectivity index (χ0n) is 12.9. The molecule has 0 fully saturated rings. The molecule has 0 bridgehead atoms. The molecule has 0 rings (SSSR count). The number of hydrogen-bond donors (Lipinski definition) is 3. The molecule has 5 nitrogen and oxygen atoms in total. The van der Waals surface area contributed by atoms with Crippen molar-refractivity contribution >= 4 is 12.0 Å². The van der Waals surface area contributed by atoms with Crippen LogP contribution in [0.25, 0.3) is 0 Å². The molecule has 0 aliphatic carbocycles. The second-order valence-corrected chi connectivity index (χ2v) is 5.36. The summed E-state index contributed by atoms with van der Waals surface area (Å²) in [5.74, 6) is -0.737. The second kappa shape index (κ2) is 12.8. The van der Waals surface area contributed by atoms with E-state index in [1.54, 1.807) is 0 Å². The lowest BCUT2D eigenvalue weighted by atomic mass is 10.1. The summed E-state index contributed by atoms with van der Waals surface area (Å²) in [6.07, 6.45) is 8.31. The average Bonchev–Trinajstić information content (AvgIpc) is 2.37. The van der Waals surface area contributed by atoms with Gasteiger partial charge in [0.25, 0.3) is 0 Å². The van der Waals surface area contributed by atoms with Crippen molar-refractivity contribution < 1.29 is 14.7 Å². The number of rotatable bonds is 12. The maximum atomic E-state index is 11.6. The van der Waals surface area contributed by atoms with Crippen LogP contribution < -0.4 is 10.6 Å². The Morgan fingerprint density at radius 3 is 2.40 bits per heavy atom. The second-order valence-electron chi connectivity index (χ2n) is 5.36. The topological polar surface area (TPSA) is 78.4 Å². The van der Waals surface area contributed by atoms with Gasteiger partial charge in [-0.3, -0.25) is 4.79 Å². The Morgan fingerprint density at radius 1 is 1.05 bits per heavy atom. The quantitative estimate of drug-likeness (QED) is 0.482. The first kappa shape index (κ1) is 18.7. The van der Waals surface area contributed by atoms with E-state index < -0.39 is 5.97 Å². The van der Waals surface area contributed by atoms with Crippen LogP contribution in [0.15, 0.2) is 0 Å². The number of hydrogen-bond acceptors (Lipinski definition) is 2. The third-order valence-electron chi connectivity index (χ3n) is 3.22. The first-order valence-electron chi connectivity index (χ1n) is 7.82. The molecule has 0 saturated carbocycles. The van der Waals surface area contributed by atoms with Crippen LogP contribution in [-0.4, -0.2) is 29.7 Å². The van der Waals surface area contributed by atoms with E-state index in [0.717, 1.165) is 38.5 Å². The largest absolute Gasteiger partial charge is 0.481 e. The van der Waals surface area contributed by atoms with E-state index in [1.807, 2.05) is 6.92 Å². The van der Waals surface area contributed by atoms with Gasteiger partial charge in [-0.2, -0.15) is 0 Å². The molecular weight excluding hydrogens is 256 g/mol. The lowest BCUT2D eigenvalue weighted by molar-refractivity contribution is -0.137. The van der Waals surface area contributed by atoms with Crippen molar-refractivity contribution in [1.29, 1.82) is 0 Å². The van der Waals surface area contributed by atoms with Gasteiger partial charge in [-0.05, 0) is 26.2 Å². The summed E-state index contributed by atoms with van der Waals surface area (Å²) in [5.41, 5.74) is 0. The minimum Gasteiger partial charge on any atom is -0.481 e. The Hall–Kier alpha value is -1.26. The molecule has 0 aromatic rings. The fraction of sp³-hybridized carbons (Fsp3) is 0.867. The van der Waals surface area contributed by atoms with Gasteiger partial charge < -0.3 is 15.7 Å². The van der Waals surface area contributed by atoms with Crippen molar-refractivity contribution in [2.45, 2.75) is 77.7 Å². The number of aliphatic carboxylic acids is 1. The Balaban J connectivity index is 3.37. The fourth-order valence-electron chi connectivity index (χ4n) is 2.00. The number of urea groups is 1. The van der Waals surface area contributed by atoms with Crippen molar-refractivity contribution in [1.82, 2.24) is 10.6 Å². The molecule has 2 amide bonds. The van der Waals surface area contributed by atoms with Gasteiger partial charge in [-0.25, -0.2) is 4.79 Å². The SMILES string of the molecule is CCCCCC(C)NC(=O)NCCCCCCC(=O)O. The summed E-state index contributed by atoms with van der Waals surface area (Å²) in [6, 6.07) is 0.122. The van der Waals surface area contributed by atoms with Gasteiger partial charge in [0.2, 0.25) is 0 Å². The first-order chi connectivity index (χ1) is 9.56. The minimum atomic E-state index is -0.737. The zero-order chi connectivity index (χ0) is 15.2. The molecule has 0 aliphatic rings. The van der Waals surface area contributed by atoms with Crippen LogP contribution in [-0.2, 0) is 4.79 Å². The number of amides is 2. The van der Waals surface area contributed by atoms with E-state index in [2.05, 4.69) is 17.6 Å². The van der Waals surface area contributed by atoms with Crippen molar-refractivity contribution in [2.75, 3.05) is 6.54 Å². The number of nitrogens with one attached hydrogen (secondary N) is 2. The molecule has 0 heterocycles. The summed E-state index contributed by atoms with van der Waals surface area (Å²) in [7, 11) is 0. The lowest BCUT2D eigenvalue weighted by Gasteiger charge is -2.14. The van der Waals surface area contributed by atoms with Gasteiger partial charge in [-0.1, -0.05) is 39.0 Å². The number of unbranched alkanes of at least 4 members (excludes halogenated alkanes) is 5. The van der Waals surface area contributed by atoms with Crippen LogP contribution in [0.5, 0.6) is 0 Å². The predicted molar refractivity (Wildman–Crippen MR) is 80.9 cm³/mol. The highest BCUT2D eigenvalue weighted by molar-refractivity contribution is 5.74. The van der Waals surface area contributed by atoms with Crippen molar-refractivity contribution in [3.8, 4) is 0 Å². The Bertz CT molecular complexity index is 270. The Kier molecular flexibility index (Phi) is 12.0. The smallest absolute Gasteiger partial charge is 0.314 e. The number of carboxylic acids is 1. The minimum absolute atomic E-state index is 0.0977. The highest BCUT2D eigenvalue weighted by Crippen LogP contribution is 2.03. The van der Waals surface area contributed by atoms with Gasteiger partial charge in [0, 0.05) is 19.0 Å². The van der Waals surface area contributed by atoms with E-state index in [0.29, 0.717) is 6.54 Å². The molecule has 0 radical (unpaired) electrons. The number of carboxylic acid groups (broad SMARTS) is 1. The highest BCUT2D eigenvalue weighted by atomic mass is 16.4. The first-order valence-corrected chi connectivity index (χ1v) is 7.82. The molecule has 3 N–H and O–H groups in total. The third kappa shape index (κ3) is 13.2. The van der Waals surface area contributed by atoms with E-state index in [4.69, 9.17) is 5.11 Å². The summed E-state index contributed by atoms with van der Waals surface area (Å²) in [6.45, 7) is 4.85. The molecule has 0 aromatic heterocycles. The molecule has 1 unspecified atom stereocenters. The average molecular weight is 286 g/mol. The van der Waals surface area contributed by atoms with E-state index >= 15 is 0 Å². The molecule has 0 aliphatic heterocycles. The van der Waals surface area contributed by atoms with Crippen LogP contribution in [0.3, 0.4) is 0 Å². The lowest BCUT2D eigenvalue weighted by Crippen LogP contribution is -2.41. The molecule has 5 heteroatoms. The van der Waals surface area contributed by atoms with Crippen molar-refractivity contribution in [3.63, 3.8) is 0 Å². The normalized spacial score (nSPS) is 11.9. The van der Waals surface area contributed by atoms with Gasteiger partial charge in [0.05, 0.1) is 0 Å². The van der Waals surface area contributed by atoms with Crippen LogP contribution in [0, 0.1) is 0 Å². The van der Waals surface area contributed by atoms with Crippen molar-refractivity contribution in [2.24, 2.45) is 0 Å². The summed E-state index contributed by atoms with van der Waals surface area (Å²) in [5, 5.41) is 14.3. The summed E-state index contributed by atoms with van der Waals surface area (Å²) < 4.78 is 0. The van der Waals surface area contributed by atoms with Crippen LogP contribution >= 0.6 is 0 Å². The van der Waals surface area contributed by atoms with E-state index in [-0.39, 0.29) is 18.5 Å². The molecule has 118 valence electrons. The van der Waals surface area contributed by atoms with Gasteiger partial charge in [0.15, 0.2) is 0 Å². The van der Waals surface area contributed by atoms with Crippen LogP contribution in [0.1, 0.15) is 71.6 Å². The Labute approximate surface area is 122 Å². The summed E-state index contributed by atoms with van der Waals surface area (Å²) >= 11 is 0. The molecular formula is C15H30N2O3. The fourth-order valence-corrected chi connectivity index (χ4v) is 2.00. The number of carbonyl (C=O) groups is 2. The third-order valence-corrected chi connectivity index (χ3v) is 3.22. The maximum absolute atomic E-state index is 11.6. The highest BCUT2D eigenvalue weighted by Gasteiger charge is 2.05. The molecule has 20 heavy (non-hydrogen) atoms. The maximum Gasteiger partial charge on any atom is 0.314 e. The Morgan fingerprint density at radius 2 is 1.75 bits per heavy atom. The van der Waals surface area contributed by atoms with Crippen LogP contribution in [0.4, 0.5) is 4.79 Å². The molecule has 0 spiro atoms. The molecule has 1 atom stereocenters. The molecule has 0 saturated heterocycles. The van der Waals surface area contributed by atoms with Crippen LogP contribution in [0.2, 0.25) is 0 Å². The van der Waals surface area contributed by atoms with E-state index in [9.17, 15) is 9.59 Å². The zero-order valence-corrected chi connectivity index (χ0v) is 12.9. The van der Waals surface area contributed by atoms with Gasteiger partial charge in [0.1, 0.15) is 0 Å².